The number of imidazole rings is 1. The summed E-state index contributed by atoms with van der Waals surface area (Å²) in [5.74, 6) is -0.901. The molecule has 48 heavy (non-hydrogen) atoms. The molecule has 0 saturated heterocycles. The van der Waals surface area contributed by atoms with E-state index < -0.39 is 34.5 Å². The number of ketones is 1. The molecule has 4 aromatic rings. The van der Waals surface area contributed by atoms with Crippen molar-refractivity contribution in [3.8, 4) is 11.1 Å². The smallest absolute Gasteiger partial charge is 0.421 e. The van der Waals surface area contributed by atoms with Gasteiger partial charge in [0.15, 0.2) is 18.1 Å². The molecule has 0 unspecified atom stereocenters. The first kappa shape index (κ1) is 36.0. The average Bonchev–Trinajstić information content (AvgIpc) is 3.41. The van der Waals surface area contributed by atoms with Crippen LogP contribution < -0.4 is 4.72 Å². The lowest BCUT2D eigenvalue weighted by Gasteiger charge is -2.15. The summed E-state index contributed by atoms with van der Waals surface area (Å²) in [6, 6.07) is 18.7. The molecule has 0 spiro atoms. The summed E-state index contributed by atoms with van der Waals surface area (Å²) in [6.45, 7) is 7.24. The fourth-order valence-electron chi connectivity index (χ4n) is 5.05. The number of benzene rings is 3. The summed E-state index contributed by atoms with van der Waals surface area (Å²) in [5.41, 5.74) is 1.70. The lowest BCUT2D eigenvalue weighted by atomic mass is 10.0. The maximum absolute atomic E-state index is 15.8. The lowest BCUT2D eigenvalue weighted by Crippen LogP contribution is -2.31. The average molecular weight is 678 g/mol. The third-order valence-corrected chi connectivity index (χ3v) is 8.94. The molecule has 10 nitrogen and oxygen atoms in total. The highest BCUT2D eigenvalue weighted by molar-refractivity contribution is 7.90. The second-order valence-electron chi connectivity index (χ2n) is 11.6. The van der Waals surface area contributed by atoms with Crippen LogP contribution in [0.1, 0.15) is 78.5 Å². The minimum Gasteiger partial charge on any atom is -0.453 e. The van der Waals surface area contributed by atoms with Crippen LogP contribution in [0.4, 0.5) is 9.18 Å². The molecular formula is C36H40FN3O7S. The van der Waals surface area contributed by atoms with Gasteiger partial charge in [0.1, 0.15) is 11.6 Å². The number of sulfonamides is 1. The SMILES string of the molecule is CCCc1nc(CC)c(C(=O)OCC(=O)c2ccccc2)n1Cc1ccc(-c2ccccc2S(=O)(=O)NC(=O)OCCC(C)C)cc1F. The highest BCUT2D eigenvalue weighted by Crippen LogP contribution is 2.29. The molecule has 0 atom stereocenters. The minimum atomic E-state index is -4.35. The number of nitrogens with zero attached hydrogens (tertiary/aromatic N) is 2. The molecule has 1 heterocycles. The molecule has 1 N–H and O–H groups in total. The van der Waals surface area contributed by atoms with E-state index in [0.717, 1.165) is 0 Å². The van der Waals surface area contributed by atoms with Crippen molar-refractivity contribution in [3.05, 3.63) is 107 Å². The number of amides is 1. The number of aryl methyl sites for hydroxylation is 2. The Morgan fingerprint density at radius 2 is 1.67 bits per heavy atom. The van der Waals surface area contributed by atoms with Gasteiger partial charge in [-0.25, -0.2) is 32.1 Å². The van der Waals surface area contributed by atoms with Crippen LogP contribution in [-0.2, 0) is 38.9 Å². The molecule has 0 saturated carbocycles. The van der Waals surface area contributed by atoms with Crippen LogP contribution in [0, 0.1) is 11.7 Å². The van der Waals surface area contributed by atoms with Crippen LogP contribution in [0.3, 0.4) is 0 Å². The topological polar surface area (TPSA) is 134 Å². The fraction of sp³-hybridized carbons (Fsp3) is 0.333. The Bertz CT molecular complexity index is 1870. The summed E-state index contributed by atoms with van der Waals surface area (Å²) < 4.78 is 56.1. The zero-order valence-electron chi connectivity index (χ0n) is 27.5. The number of carbonyl (C=O) groups is 3. The number of rotatable bonds is 15. The van der Waals surface area contributed by atoms with Gasteiger partial charge in [0.05, 0.1) is 23.7 Å². The van der Waals surface area contributed by atoms with Crippen LogP contribution in [0.2, 0.25) is 0 Å². The molecule has 254 valence electrons. The molecule has 12 heteroatoms. The van der Waals surface area contributed by atoms with Gasteiger partial charge in [-0.2, -0.15) is 0 Å². The van der Waals surface area contributed by atoms with Crippen molar-refractivity contribution < 1.29 is 36.7 Å². The highest BCUT2D eigenvalue weighted by Gasteiger charge is 2.26. The summed E-state index contributed by atoms with van der Waals surface area (Å²) in [7, 11) is -4.35. The molecule has 0 bridgehead atoms. The van der Waals surface area contributed by atoms with Crippen molar-refractivity contribution in [3.63, 3.8) is 0 Å². The van der Waals surface area contributed by atoms with Crippen LogP contribution in [0.5, 0.6) is 0 Å². The quantitative estimate of drug-likeness (QED) is 0.108. The van der Waals surface area contributed by atoms with E-state index in [1.807, 2.05) is 32.4 Å². The van der Waals surface area contributed by atoms with Gasteiger partial charge in [0.2, 0.25) is 0 Å². The first-order valence-corrected chi connectivity index (χ1v) is 17.3. The van der Waals surface area contributed by atoms with Gasteiger partial charge >= 0.3 is 12.1 Å². The zero-order valence-corrected chi connectivity index (χ0v) is 28.3. The molecule has 0 radical (unpaired) electrons. The van der Waals surface area contributed by atoms with Gasteiger partial charge in [-0.1, -0.05) is 88.4 Å². The zero-order chi connectivity index (χ0) is 34.8. The highest BCUT2D eigenvalue weighted by atomic mass is 32.2. The summed E-state index contributed by atoms with van der Waals surface area (Å²) in [6.07, 6.45) is 1.12. The minimum absolute atomic E-state index is 0.0603. The standard InChI is InChI=1S/C36H40FN3O7S/c1-5-12-33-38-30(6-2)34(35(42)47-23-31(41)25-13-8-7-9-14-25)40(33)22-27-18-17-26(21-29(27)37)28-15-10-11-16-32(28)48(44,45)39-36(43)46-20-19-24(3)4/h7-11,13-18,21,24H,5-6,12,19-20,22-23H2,1-4H3,(H,39,43). The number of Topliss-reactive ketones (excluding diaryl/α,β-unsaturated/α-hetero) is 1. The molecule has 0 fully saturated rings. The molecule has 1 aromatic heterocycles. The largest absolute Gasteiger partial charge is 0.453 e. The second-order valence-corrected chi connectivity index (χ2v) is 13.3. The number of esters is 1. The van der Waals surface area contributed by atoms with E-state index in [1.165, 1.54) is 30.3 Å². The first-order valence-electron chi connectivity index (χ1n) is 15.9. The number of nitrogens with one attached hydrogen (secondary N) is 1. The van der Waals surface area contributed by atoms with Gasteiger partial charge in [0.25, 0.3) is 10.0 Å². The molecule has 3 aromatic carbocycles. The summed E-state index contributed by atoms with van der Waals surface area (Å²) in [4.78, 5) is 42.6. The number of ether oxygens (including phenoxy) is 2. The summed E-state index contributed by atoms with van der Waals surface area (Å²) >= 11 is 0. The van der Waals surface area contributed by atoms with E-state index in [4.69, 9.17) is 9.47 Å². The Morgan fingerprint density at radius 3 is 2.33 bits per heavy atom. The number of hydrogen-bond acceptors (Lipinski definition) is 8. The van der Waals surface area contributed by atoms with Gasteiger partial charge in [-0.15, -0.1) is 0 Å². The number of carbonyl (C=O) groups excluding carboxylic acids is 3. The van der Waals surface area contributed by atoms with Crippen molar-refractivity contribution in [2.45, 2.75) is 64.8 Å². The number of hydrogen-bond donors (Lipinski definition) is 1. The monoisotopic (exact) mass is 677 g/mol. The first-order chi connectivity index (χ1) is 22.9. The van der Waals surface area contributed by atoms with Crippen LogP contribution in [0.25, 0.3) is 11.1 Å². The lowest BCUT2D eigenvalue weighted by molar-refractivity contribution is 0.0463. The van der Waals surface area contributed by atoms with E-state index in [0.29, 0.717) is 42.8 Å². The fourth-order valence-corrected chi connectivity index (χ4v) is 6.18. The van der Waals surface area contributed by atoms with E-state index in [1.54, 1.807) is 47.0 Å². The second kappa shape index (κ2) is 16.3. The molecule has 4 rings (SSSR count). The molecule has 0 aliphatic rings. The maximum Gasteiger partial charge on any atom is 0.421 e. The van der Waals surface area contributed by atoms with Crippen molar-refractivity contribution >= 4 is 27.9 Å². The van der Waals surface area contributed by atoms with Gasteiger partial charge in [-0.3, -0.25) is 4.79 Å². The number of aromatic nitrogens is 2. The Morgan fingerprint density at radius 1 is 0.958 bits per heavy atom. The van der Waals surface area contributed by atoms with E-state index in [-0.39, 0.29) is 52.1 Å². The van der Waals surface area contributed by atoms with E-state index in [9.17, 15) is 22.8 Å². The third-order valence-electron chi connectivity index (χ3n) is 7.57. The number of halogens is 1. The van der Waals surface area contributed by atoms with Crippen molar-refractivity contribution in [1.82, 2.24) is 14.3 Å². The van der Waals surface area contributed by atoms with Crippen LogP contribution in [0.15, 0.2) is 77.7 Å². The van der Waals surface area contributed by atoms with Crippen LogP contribution in [-0.4, -0.2) is 49.0 Å². The molecule has 0 aliphatic heterocycles. The van der Waals surface area contributed by atoms with Crippen molar-refractivity contribution in [1.29, 1.82) is 0 Å². The van der Waals surface area contributed by atoms with E-state index >= 15 is 4.39 Å². The van der Waals surface area contributed by atoms with E-state index in [2.05, 4.69) is 4.98 Å². The Kier molecular flexibility index (Phi) is 12.2. The predicted octanol–water partition coefficient (Wildman–Crippen LogP) is 6.75. The normalized spacial score (nSPS) is 11.4. The van der Waals surface area contributed by atoms with Crippen molar-refractivity contribution in [2.75, 3.05) is 13.2 Å². The Labute approximate surface area is 280 Å². The third kappa shape index (κ3) is 8.94. The van der Waals surface area contributed by atoms with Crippen LogP contribution >= 0.6 is 0 Å². The molecule has 1 amide bonds. The van der Waals surface area contributed by atoms with Gasteiger partial charge in [-0.05, 0) is 42.9 Å². The predicted molar refractivity (Wildman–Crippen MR) is 179 cm³/mol. The van der Waals surface area contributed by atoms with Gasteiger partial charge < -0.3 is 14.0 Å². The Hall–Kier alpha value is -4.84. The Balaban J connectivity index is 1.60. The van der Waals surface area contributed by atoms with Crippen molar-refractivity contribution in [2.24, 2.45) is 5.92 Å². The maximum atomic E-state index is 15.8. The summed E-state index contributed by atoms with van der Waals surface area (Å²) in [5, 5.41) is 0. The molecular weight excluding hydrogens is 637 g/mol. The van der Waals surface area contributed by atoms with Gasteiger partial charge in [0, 0.05) is 23.1 Å². The molecule has 0 aliphatic carbocycles.